The van der Waals surface area contributed by atoms with Crippen LogP contribution in [0.15, 0.2) is 48.5 Å². The maximum Gasteiger partial charge on any atom is 0.337 e. The molecule has 3 rings (SSSR count). The molecule has 0 bridgehead atoms. The first-order valence-electron chi connectivity index (χ1n) is 9.26. The number of carbonyl (C=O) groups excluding carboxylic acids is 3. The number of ether oxygens (including phenoxy) is 2. The zero-order valence-corrected chi connectivity index (χ0v) is 17.2. The molecule has 2 aromatic rings. The van der Waals surface area contributed by atoms with E-state index < -0.39 is 11.9 Å². The molecule has 0 atom stereocenters. The lowest BCUT2D eigenvalue weighted by Gasteiger charge is -2.27. The molecule has 30 heavy (non-hydrogen) atoms. The molecule has 0 saturated carbocycles. The number of anilines is 1. The summed E-state index contributed by atoms with van der Waals surface area (Å²) in [5.74, 6) is -0.988. The van der Waals surface area contributed by atoms with Crippen molar-refractivity contribution in [1.29, 1.82) is 0 Å². The van der Waals surface area contributed by atoms with E-state index in [1.807, 2.05) is 0 Å². The molecule has 2 aromatic carbocycles. The van der Waals surface area contributed by atoms with Crippen LogP contribution in [0, 0.1) is 0 Å². The highest BCUT2D eigenvalue weighted by Crippen LogP contribution is 2.14. The number of hydrogen-bond donors (Lipinski definition) is 2. The molecule has 0 spiro atoms. The van der Waals surface area contributed by atoms with Gasteiger partial charge in [-0.15, -0.1) is 0 Å². The van der Waals surface area contributed by atoms with E-state index in [9.17, 15) is 14.4 Å². The zero-order valence-electron chi connectivity index (χ0n) is 16.3. The summed E-state index contributed by atoms with van der Waals surface area (Å²) >= 11 is 5.20. The first-order valence-corrected chi connectivity index (χ1v) is 9.66. The van der Waals surface area contributed by atoms with Crippen LogP contribution in [0.3, 0.4) is 0 Å². The third kappa shape index (κ3) is 5.40. The number of nitrogens with one attached hydrogen (secondary N) is 2. The number of amides is 2. The molecule has 2 amide bonds. The minimum Gasteiger partial charge on any atom is -0.465 e. The van der Waals surface area contributed by atoms with Gasteiger partial charge in [0.05, 0.1) is 25.9 Å². The molecule has 0 unspecified atom stereocenters. The second kappa shape index (κ2) is 9.95. The number of morpholine rings is 1. The summed E-state index contributed by atoms with van der Waals surface area (Å²) < 4.78 is 9.90. The molecule has 1 saturated heterocycles. The van der Waals surface area contributed by atoms with Gasteiger partial charge in [0.25, 0.3) is 11.8 Å². The highest BCUT2D eigenvalue weighted by atomic mass is 32.1. The van der Waals surface area contributed by atoms with Crippen molar-refractivity contribution in [2.45, 2.75) is 0 Å². The maximum absolute atomic E-state index is 12.6. The number of esters is 1. The first-order chi connectivity index (χ1) is 14.5. The van der Waals surface area contributed by atoms with Gasteiger partial charge in [-0.1, -0.05) is 6.07 Å². The molecule has 1 fully saturated rings. The summed E-state index contributed by atoms with van der Waals surface area (Å²) in [6, 6.07) is 12.9. The van der Waals surface area contributed by atoms with Gasteiger partial charge in [0, 0.05) is 29.9 Å². The lowest BCUT2D eigenvalue weighted by Crippen LogP contribution is -2.40. The average Bonchev–Trinajstić information content (AvgIpc) is 2.78. The van der Waals surface area contributed by atoms with Crippen LogP contribution in [0.25, 0.3) is 0 Å². The van der Waals surface area contributed by atoms with Gasteiger partial charge in [-0.25, -0.2) is 4.79 Å². The van der Waals surface area contributed by atoms with Crippen LogP contribution in [-0.4, -0.2) is 61.2 Å². The normalized spacial score (nSPS) is 13.3. The molecule has 1 aliphatic heterocycles. The standard InChI is InChI=1S/C21H21N3O5S/c1-28-20(27)15-7-5-14(6-8-15)18(25)23-21(30)22-17-4-2-3-16(13-17)19(26)24-9-11-29-12-10-24/h2-8,13H,9-12H2,1H3,(H2,22,23,25,30). The average molecular weight is 427 g/mol. The molecule has 1 heterocycles. The number of methoxy groups -OCH3 is 1. The van der Waals surface area contributed by atoms with Gasteiger partial charge in [0.15, 0.2) is 5.11 Å². The van der Waals surface area contributed by atoms with Crippen LogP contribution < -0.4 is 10.6 Å². The van der Waals surface area contributed by atoms with E-state index in [0.717, 1.165) is 0 Å². The fourth-order valence-corrected chi connectivity index (χ4v) is 3.10. The predicted octanol–water partition coefficient (Wildman–Crippen LogP) is 2.07. The van der Waals surface area contributed by atoms with Gasteiger partial charge in [0.1, 0.15) is 0 Å². The number of rotatable bonds is 4. The Hall–Kier alpha value is -3.30. The quantitative estimate of drug-likeness (QED) is 0.570. The smallest absolute Gasteiger partial charge is 0.337 e. The Kier molecular flexibility index (Phi) is 7.10. The number of thiocarbonyl (C=S) groups is 1. The van der Waals surface area contributed by atoms with E-state index in [4.69, 9.17) is 17.0 Å². The minimum atomic E-state index is -0.481. The van der Waals surface area contributed by atoms with E-state index in [-0.39, 0.29) is 11.0 Å². The van der Waals surface area contributed by atoms with E-state index >= 15 is 0 Å². The Morgan fingerprint density at radius 1 is 1.00 bits per heavy atom. The summed E-state index contributed by atoms with van der Waals surface area (Å²) in [5, 5.41) is 5.57. The van der Waals surface area contributed by atoms with Crippen LogP contribution in [0.1, 0.15) is 31.1 Å². The van der Waals surface area contributed by atoms with Crippen molar-refractivity contribution in [3.63, 3.8) is 0 Å². The van der Waals surface area contributed by atoms with E-state index in [2.05, 4.69) is 15.4 Å². The summed E-state index contributed by atoms with van der Waals surface area (Å²) in [5.41, 5.74) is 1.79. The van der Waals surface area contributed by atoms with Crippen LogP contribution in [0.5, 0.6) is 0 Å². The molecular formula is C21H21N3O5S. The minimum absolute atomic E-state index is 0.0809. The Morgan fingerprint density at radius 2 is 1.67 bits per heavy atom. The first kappa shape index (κ1) is 21.4. The van der Waals surface area contributed by atoms with Gasteiger partial charge in [0.2, 0.25) is 0 Å². The Bertz CT molecular complexity index is 955. The molecule has 1 aliphatic rings. The van der Waals surface area contributed by atoms with Crippen LogP contribution in [-0.2, 0) is 9.47 Å². The maximum atomic E-state index is 12.6. The van der Waals surface area contributed by atoms with Crippen molar-refractivity contribution in [2.24, 2.45) is 0 Å². The molecule has 9 heteroatoms. The van der Waals surface area contributed by atoms with E-state index in [1.54, 1.807) is 29.2 Å². The van der Waals surface area contributed by atoms with Crippen molar-refractivity contribution in [3.8, 4) is 0 Å². The number of benzene rings is 2. The zero-order chi connectivity index (χ0) is 21.5. The fraction of sp³-hybridized carbons (Fsp3) is 0.238. The van der Waals surface area contributed by atoms with Gasteiger partial charge < -0.3 is 19.7 Å². The monoisotopic (exact) mass is 427 g/mol. The highest BCUT2D eigenvalue weighted by Gasteiger charge is 2.19. The largest absolute Gasteiger partial charge is 0.465 e. The van der Waals surface area contributed by atoms with Crippen molar-refractivity contribution in [2.75, 3.05) is 38.7 Å². The molecule has 156 valence electrons. The van der Waals surface area contributed by atoms with Gasteiger partial charge >= 0.3 is 5.97 Å². The second-order valence-corrected chi connectivity index (χ2v) is 6.87. The summed E-state index contributed by atoms with van der Waals surface area (Å²) in [6.45, 7) is 2.17. The molecule has 8 nitrogen and oxygen atoms in total. The molecule has 2 N–H and O–H groups in total. The Morgan fingerprint density at radius 3 is 2.33 bits per heavy atom. The third-order valence-electron chi connectivity index (χ3n) is 4.46. The number of nitrogens with zero attached hydrogens (tertiary/aromatic N) is 1. The topological polar surface area (TPSA) is 97.0 Å². The van der Waals surface area contributed by atoms with Crippen molar-refractivity contribution in [1.82, 2.24) is 10.2 Å². The summed E-state index contributed by atoms with van der Waals surface area (Å²) in [7, 11) is 1.29. The SMILES string of the molecule is COC(=O)c1ccc(C(=O)NC(=S)Nc2cccc(C(=O)N3CCOCC3)c2)cc1. The summed E-state index contributed by atoms with van der Waals surface area (Å²) in [6.07, 6.45) is 0. The van der Waals surface area contributed by atoms with Crippen LogP contribution in [0.2, 0.25) is 0 Å². The van der Waals surface area contributed by atoms with Crippen LogP contribution >= 0.6 is 12.2 Å². The van der Waals surface area contributed by atoms with Crippen LogP contribution in [0.4, 0.5) is 5.69 Å². The molecule has 0 aliphatic carbocycles. The van der Waals surface area contributed by atoms with Gasteiger partial charge in [-0.3, -0.25) is 14.9 Å². The van der Waals surface area contributed by atoms with Crippen molar-refractivity contribution < 1.29 is 23.9 Å². The highest BCUT2D eigenvalue weighted by molar-refractivity contribution is 7.80. The fourth-order valence-electron chi connectivity index (χ4n) is 2.89. The molecule has 0 radical (unpaired) electrons. The lowest BCUT2D eigenvalue weighted by atomic mass is 10.1. The lowest BCUT2D eigenvalue weighted by molar-refractivity contribution is 0.0303. The third-order valence-corrected chi connectivity index (χ3v) is 4.67. The molecular weight excluding hydrogens is 406 g/mol. The number of hydrogen-bond acceptors (Lipinski definition) is 6. The van der Waals surface area contributed by atoms with E-state index in [1.165, 1.54) is 31.4 Å². The van der Waals surface area contributed by atoms with Gasteiger partial charge in [-0.2, -0.15) is 0 Å². The summed E-state index contributed by atoms with van der Waals surface area (Å²) in [4.78, 5) is 38.2. The van der Waals surface area contributed by atoms with Crippen molar-refractivity contribution >= 4 is 40.8 Å². The second-order valence-electron chi connectivity index (χ2n) is 6.46. The van der Waals surface area contributed by atoms with Crippen molar-refractivity contribution in [3.05, 3.63) is 65.2 Å². The Labute approximate surface area is 179 Å². The molecule has 0 aromatic heterocycles. The Balaban J connectivity index is 1.60. The predicted molar refractivity (Wildman–Crippen MR) is 115 cm³/mol. The van der Waals surface area contributed by atoms with Gasteiger partial charge in [-0.05, 0) is 54.7 Å². The van der Waals surface area contributed by atoms with E-state index in [0.29, 0.717) is 48.7 Å². The number of carbonyl (C=O) groups is 3.